The van der Waals surface area contributed by atoms with Crippen molar-refractivity contribution in [2.75, 3.05) is 31.0 Å². The number of amides is 1. The van der Waals surface area contributed by atoms with Crippen molar-refractivity contribution in [1.82, 2.24) is 20.3 Å². The molecule has 1 saturated carbocycles. The second kappa shape index (κ2) is 7.42. The van der Waals surface area contributed by atoms with E-state index >= 15 is 0 Å². The summed E-state index contributed by atoms with van der Waals surface area (Å²) in [5.41, 5.74) is 0.579. The molecule has 29 heavy (non-hydrogen) atoms. The Bertz CT molecular complexity index is 921. The number of hydrogen-bond acceptors (Lipinski definition) is 9. The highest BCUT2D eigenvalue weighted by molar-refractivity contribution is 7.17. The van der Waals surface area contributed by atoms with Crippen molar-refractivity contribution >= 4 is 34.0 Å². The summed E-state index contributed by atoms with van der Waals surface area (Å²) in [6.07, 6.45) is 7.74. The number of ether oxygens (including phenoxy) is 2. The Balaban J connectivity index is 1.42. The number of aromatic nitrogens is 3. The molecule has 154 valence electrons. The van der Waals surface area contributed by atoms with Crippen molar-refractivity contribution in [2.24, 2.45) is 0 Å². The predicted molar refractivity (Wildman–Crippen MR) is 109 cm³/mol. The highest BCUT2D eigenvalue weighted by Crippen LogP contribution is 2.45. The molecule has 2 aromatic heterocycles. The fraction of sp³-hybridized carbons (Fsp3) is 0.579. The van der Waals surface area contributed by atoms with Crippen molar-refractivity contribution in [3.8, 4) is 5.75 Å². The Morgan fingerprint density at radius 1 is 1.28 bits per heavy atom. The minimum atomic E-state index is -0.300. The normalized spacial score (nSPS) is 22.4. The van der Waals surface area contributed by atoms with E-state index in [0.29, 0.717) is 34.0 Å². The number of fused-ring (bicyclic) bond motifs is 2. The summed E-state index contributed by atoms with van der Waals surface area (Å²) >= 11 is 1.36. The second-order valence-corrected chi connectivity index (χ2v) is 8.73. The van der Waals surface area contributed by atoms with Crippen LogP contribution < -0.4 is 20.7 Å². The first-order valence-electron chi connectivity index (χ1n) is 10.0. The number of nitrogens with one attached hydrogen (secondary N) is 3. The van der Waals surface area contributed by atoms with Crippen molar-refractivity contribution in [1.29, 1.82) is 0 Å². The van der Waals surface area contributed by atoms with Crippen LogP contribution in [-0.4, -0.2) is 47.2 Å². The first-order valence-corrected chi connectivity index (χ1v) is 10.8. The highest BCUT2D eigenvalue weighted by Gasteiger charge is 2.46. The van der Waals surface area contributed by atoms with Gasteiger partial charge in [0.05, 0.1) is 31.0 Å². The van der Waals surface area contributed by atoms with Crippen LogP contribution in [0.1, 0.15) is 53.9 Å². The van der Waals surface area contributed by atoms with Crippen molar-refractivity contribution in [3.63, 3.8) is 0 Å². The Hall–Kier alpha value is -2.46. The lowest BCUT2D eigenvalue weighted by atomic mass is 9.81. The predicted octanol–water partition coefficient (Wildman–Crippen LogP) is 2.79. The van der Waals surface area contributed by atoms with E-state index in [1.54, 1.807) is 7.11 Å². The van der Waals surface area contributed by atoms with Gasteiger partial charge < -0.3 is 25.4 Å². The van der Waals surface area contributed by atoms with Gasteiger partial charge in [-0.15, -0.1) is 0 Å². The van der Waals surface area contributed by atoms with Gasteiger partial charge in [0.25, 0.3) is 5.91 Å². The molecule has 0 radical (unpaired) electrons. The largest absolute Gasteiger partial charge is 0.490 e. The molecule has 3 N–H and O–H groups in total. The number of carbonyl (C=O) groups excluding carboxylic acids is 1. The van der Waals surface area contributed by atoms with Crippen molar-refractivity contribution < 1.29 is 14.3 Å². The minimum absolute atomic E-state index is 0.0225. The summed E-state index contributed by atoms with van der Waals surface area (Å²) in [7, 11) is 1.59. The fourth-order valence-electron chi connectivity index (χ4n) is 4.40. The van der Waals surface area contributed by atoms with Crippen LogP contribution in [0.3, 0.4) is 0 Å². The molecular weight excluding hydrogens is 392 g/mol. The topological polar surface area (TPSA) is 110 Å². The van der Waals surface area contributed by atoms with Crippen LogP contribution in [0.5, 0.6) is 5.75 Å². The summed E-state index contributed by atoms with van der Waals surface area (Å²) in [5, 5.41) is 10.4. The fourth-order valence-corrected chi connectivity index (χ4v) is 5.36. The van der Waals surface area contributed by atoms with E-state index in [4.69, 9.17) is 14.5 Å². The number of hydrogen-bond donors (Lipinski definition) is 3. The summed E-state index contributed by atoms with van der Waals surface area (Å²) in [6.45, 7) is 1.39. The van der Waals surface area contributed by atoms with Crippen molar-refractivity contribution in [3.05, 3.63) is 16.9 Å². The van der Waals surface area contributed by atoms with Crippen LogP contribution in [0.4, 0.5) is 16.8 Å². The molecule has 1 spiro atoms. The molecule has 1 saturated heterocycles. The molecule has 1 amide bonds. The summed E-state index contributed by atoms with van der Waals surface area (Å²) in [6, 6.07) is 0.199. The van der Waals surface area contributed by atoms with Gasteiger partial charge >= 0.3 is 0 Å². The van der Waals surface area contributed by atoms with E-state index in [-0.39, 0.29) is 17.5 Å². The van der Waals surface area contributed by atoms with E-state index < -0.39 is 0 Å². The summed E-state index contributed by atoms with van der Waals surface area (Å²) in [4.78, 5) is 26.7. The average molecular weight is 417 g/mol. The lowest BCUT2D eigenvalue weighted by Crippen LogP contribution is -2.41. The number of anilines is 3. The molecule has 3 aliphatic rings. The Morgan fingerprint density at radius 2 is 2.10 bits per heavy atom. The molecule has 0 bridgehead atoms. The van der Waals surface area contributed by atoms with Gasteiger partial charge in [-0.05, 0) is 19.3 Å². The summed E-state index contributed by atoms with van der Waals surface area (Å²) in [5.74, 6) is 1.64. The molecule has 1 atom stereocenters. The number of carbonyl (C=O) groups is 1. The first kappa shape index (κ1) is 18.6. The molecule has 1 aliphatic carbocycles. The molecule has 5 rings (SSSR count). The molecule has 2 aliphatic heterocycles. The smallest absolute Gasteiger partial charge is 0.264 e. The standard InChI is InChI=1S/C19H24N6O3S/c1-27-12-15(22-11-5-8-28-9-11)20-10-21-16(12)24-18-23-14-13(29-18)17(26)25-19(14)6-3-2-4-7-19/h10-11H,2-9H2,1H3,(H,25,26)(H2,20,21,22,23,24)/t11-/m0/s1. The van der Waals surface area contributed by atoms with Crippen LogP contribution in [0.15, 0.2) is 6.33 Å². The van der Waals surface area contributed by atoms with E-state index in [0.717, 1.165) is 44.4 Å². The maximum atomic E-state index is 12.5. The van der Waals surface area contributed by atoms with Crippen LogP contribution in [0, 0.1) is 0 Å². The van der Waals surface area contributed by atoms with Gasteiger partial charge in [-0.2, -0.15) is 0 Å². The number of rotatable bonds is 5. The van der Waals surface area contributed by atoms with Gasteiger partial charge in [0, 0.05) is 6.61 Å². The summed E-state index contributed by atoms with van der Waals surface area (Å²) < 4.78 is 11.0. The molecular formula is C19H24N6O3S. The molecule has 0 unspecified atom stereocenters. The zero-order valence-corrected chi connectivity index (χ0v) is 17.1. The Kier molecular flexibility index (Phi) is 4.75. The third-order valence-electron chi connectivity index (χ3n) is 5.85. The van der Waals surface area contributed by atoms with Gasteiger partial charge in [0.1, 0.15) is 11.2 Å². The van der Waals surface area contributed by atoms with Crippen LogP contribution >= 0.6 is 11.3 Å². The molecule has 2 fully saturated rings. The maximum Gasteiger partial charge on any atom is 0.264 e. The minimum Gasteiger partial charge on any atom is -0.490 e. The third-order valence-corrected chi connectivity index (χ3v) is 6.82. The van der Waals surface area contributed by atoms with E-state index in [1.807, 2.05) is 0 Å². The quantitative estimate of drug-likeness (QED) is 0.682. The van der Waals surface area contributed by atoms with E-state index in [1.165, 1.54) is 24.1 Å². The van der Waals surface area contributed by atoms with E-state index in [9.17, 15) is 4.79 Å². The number of nitrogens with zero attached hydrogens (tertiary/aromatic N) is 3. The number of methoxy groups -OCH3 is 1. The highest BCUT2D eigenvalue weighted by atomic mass is 32.1. The van der Waals surface area contributed by atoms with Gasteiger partial charge in [-0.1, -0.05) is 30.6 Å². The lowest BCUT2D eigenvalue weighted by Gasteiger charge is -2.32. The molecule has 10 heteroatoms. The zero-order chi connectivity index (χ0) is 19.8. The Morgan fingerprint density at radius 3 is 2.86 bits per heavy atom. The van der Waals surface area contributed by atoms with Crippen LogP contribution in [0.2, 0.25) is 0 Å². The molecule has 2 aromatic rings. The Labute approximate surface area is 172 Å². The van der Waals surface area contributed by atoms with Crippen molar-refractivity contribution in [2.45, 2.75) is 50.1 Å². The van der Waals surface area contributed by atoms with E-state index in [2.05, 4.69) is 25.9 Å². The average Bonchev–Trinajstić information content (AvgIpc) is 3.43. The molecule has 0 aromatic carbocycles. The van der Waals surface area contributed by atoms with Crippen LogP contribution in [-0.2, 0) is 10.3 Å². The van der Waals surface area contributed by atoms with Gasteiger partial charge in [-0.3, -0.25) is 4.79 Å². The number of thiazole rings is 1. The van der Waals surface area contributed by atoms with Gasteiger partial charge in [-0.25, -0.2) is 15.0 Å². The molecule has 9 nitrogen and oxygen atoms in total. The third kappa shape index (κ3) is 3.29. The SMILES string of the molecule is COc1c(Nc2nc3c(s2)C(=O)NC32CCCCC2)ncnc1N[C@H]1CCOC1. The second-order valence-electron chi connectivity index (χ2n) is 7.73. The van der Waals surface area contributed by atoms with Gasteiger partial charge in [0.2, 0.25) is 5.75 Å². The van der Waals surface area contributed by atoms with Crippen LogP contribution in [0.25, 0.3) is 0 Å². The van der Waals surface area contributed by atoms with Gasteiger partial charge in [0.15, 0.2) is 16.8 Å². The monoisotopic (exact) mass is 416 g/mol. The zero-order valence-electron chi connectivity index (χ0n) is 16.3. The first-order chi connectivity index (χ1) is 14.2. The lowest BCUT2D eigenvalue weighted by molar-refractivity contribution is 0.0910. The maximum absolute atomic E-state index is 12.5. The molecule has 4 heterocycles.